The van der Waals surface area contributed by atoms with Crippen LogP contribution in [-0.4, -0.2) is 38.7 Å². The van der Waals surface area contributed by atoms with Gasteiger partial charge in [-0.15, -0.1) is 0 Å². The molecule has 1 aliphatic heterocycles. The number of ether oxygens (including phenoxy) is 1. The Kier molecular flexibility index (Phi) is 3.70. The van der Waals surface area contributed by atoms with Crippen LogP contribution in [0.25, 0.3) is 0 Å². The number of rotatable bonds is 4. The van der Waals surface area contributed by atoms with Gasteiger partial charge in [0.15, 0.2) is 9.84 Å². The summed E-state index contributed by atoms with van der Waals surface area (Å²) in [6.45, 7) is 3.07. The molecular weight excluding hydrogens is 190 g/mol. The maximum atomic E-state index is 11.8. The van der Waals surface area contributed by atoms with Crippen LogP contribution in [0.2, 0.25) is 0 Å². The highest BCUT2D eigenvalue weighted by Crippen LogP contribution is 2.19. The van der Waals surface area contributed by atoms with Gasteiger partial charge in [-0.2, -0.15) is 0 Å². The van der Waals surface area contributed by atoms with E-state index in [0.717, 1.165) is 0 Å². The summed E-state index contributed by atoms with van der Waals surface area (Å²) in [6.07, 6.45) is 1.18. The molecule has 0 aromatic carbocycles. The van der Waals surface area contributed by atoms with Crippen LogP contribution >= 0.6 is 0 Å². The van der Waals surface area contributed by atoms with E-state index in [4.69, 9.17) is 10.5 Å². The highest BCUT2D eigenvalue weighted by Gasteiger charge is 2.33. The summed E-state index contributed by atoms with van der Waals surface area (Å²) in [7, 11) is -3.01. The van der Waals surface area contributed by atoms with Crippen LogP contribution < -0.4 is 5.73 Å². The van der Waals surface area contributed by atoms with Crippen molar-refractivity contribution >= 4 is 9.84 Å². The second-order valence-corrected chi connectivity index (χ2v) is 6.11. The Labute approximate surface area is 79.4 Å². The van der Waals surface area contributed by atoms with Gasteiger partial charge in [0, 0.05) is 6.61 Å². The van der Waals surface area contributed by atoms with Crippen LogP contribution in [0.1, 0.15) is 19.8 Å². The summed E-state index contributed by atoms with van der Waals surface area (Å²) in [4.78, 5) is 0. The van der Waals surface area contributed by atoms with Gasteiger partial charge in [-0.25, -0.2) is 8.42 Å². The molecule has 2 atom stereocenters. The van der Waals surface area contributed by atoms with Crippen molar-refractivity contribution in [3.8, 4) is 0 Å². The monoisotopic (exact) mass is 207 g/mol. The van der Waals surface area contributed by atoms with Gasteiger partial charge >= 0.3 is 0 Å². The molecule has 78 valence electrons. The Morgan fingerprint density at radius 3 is 2.77 bits per heavy atom. The standard InChI is InChI=1S/C8H17NO3S/c1-7(2-4-9)13(10,11)8-3-5-12-6-8/h7-8H,2-6,9H2,1H3. The van der Waals surface area contributed by atoms with E-state index in [1.54, 1.807) is 6.92 Å². The van der Waals surface area contributed by atoms with Crippen molar-refractivity contribution in [1.82, 2.24) is 0 Å². The number of nitrogens with two attached hydrogens (primary N) is 1. The minimum atomic E-state index is -3.01. The lowest BCUT2D eigenvalue weighted by Crippen LogP contribution is -2.32. The molecule has 1 heterocycles. The van der Waals surface area contributed by atoms with E-state index in [1.807, 2.05) is 0 Å². The summed E-state index contributed by atoms with van der Waals surface area (Å²) < 4.78 is 28.6. The fourth-order valence-corrected chi connectivity index (χ4v) is 3.33. The van der Waals surface area contributed by atoms with Gasteiger partial charge < -0.3 is 10.5 Å². The van der Waals surface area contributed by atoms with Gasteiger partial charge in [0.05, 0.1) is 17.1 Å². The van der Waals surface area contributed by atoms with Crippen LogP contribution in [-0.2, 0) is 14.6 Å². The van der Waals surface area contributed by atoms with Gasteiger partial charge in [-0.1, -0.05) is 0 Å². The largest absolute Gasteiger partial charge is 0.380 e. The van der Waals surface area contributed by atoms with Gasteiger partial charge in [-0.3, -0.25) is 0 Å². The molecular formula is C8H17NO3S. The predicted octanol–water partition coefficient (Wildman–Crippen LogP) is -0.0726. The van der Waals surface area contributed by atoms with Crippen LogP contribution in [0.15, 0.2) is 0 Å². The molecule has 0 aromatic rings. The van der Waals surface area contributed by atoms with Gasteiger partial charge in [0.1, 0.15) is 0 Å². The second-order valence-electron chi connectivity index (χ2n) is 3.46. The van der Waals surface area contributed by atoms with E-state index in [9.17, 15) is 8.42 Å². The van der Waals surface area contributed by atoms with Crippen LogP contribution in [0.3, 0.4) is 0 Å². The lowest BCUT2D eigenvalue weighted by molar-refractivity contribution is 0.198. The van der Waals surface area contributed by atoms with Gasteiger partial charge in [0.25, 0.3) is 0 Å². The van der Waals surface area contributed by atoms with E-state index in [1.165, 1.54) is 0 Å². The maximum Gasteiger partial charge on any atom is 0.158 e. The van der Waals surface area contributed by atoms with Crippen molar-refractivity contribution < 1.29 is 13.2 Å². The highest BCUT2D eigenvalue weighted by molar-refractivity contribution is 7.92. The van der Waals surface area contributed by atoms with Gasteiger partial charge in [0.2, 0.25) is 0 Å². The molecule has 2 N–H and O–H groups in total. The zero-order valence-electron chi connectivity index (χ0n) is 7.90. The number of hydrogen-bond acceptors (Lipinski definition) is 4. The first kappa shape index (κ1) is 10.9. The van der Waals surface area contributed by atoms with Crippen LogP contribution in [0, 0.1) is 0 Å². The van der Waals surface area contributed by atoms with E-state index >= 15 is 0 Å². The molecule has 1 aliphatic rings. The first-order valence-electron chi connectivity index (χ1n) is 4.59. The van der Waals surface area contributed by atoms with Crippen molar-refractivity contribution in [3.05, 3.63) is 0 Å². The summed E-state index contributed by atoms with van der Waals surface area (Å²) in [6, 6.07) is 0. The Morgan fingerprint density at radius 2 is 2.31 bits per heavy atom. The molecule has 5 heteroatoms. The summed E-state index contributed by atoms with van der Waals surface area (Å²) in [5.41, 5.74) is 5.33. The second kappa shape index (κ2) is 4.39. The third kappa shape index (κ3) is 2.42. The fourth-order valence-electron chi connectivity index (χ4n) is 1.50. The lowest BCUT2D eigenvalue weighted by atomic mass is 10.3. The van der Waals surface area contributed by atoms with Crippen molar-refractivity contribution in [2.75, 3.05) is 19.8 Å². The van der Waals surface area contributed by atoms with E-state index in [2.05, 4.69) is 0 Å². The van der Waals surface area contributed by atoms with Crippen LogP contribution in [0.5, 0.6) is 0 Å². The van der Waals surface area contributed by atoms with Crippen molar-refractivity contribution in [2.24, 2.45) is 5.73 Å². The molecule has 13 heavy (non-hydrogen) atoms. The summed E-state index contributed by atoms with van der Waals surface area (Å²) in [5.74, 6) is 0. The minimum Gasteiger partial charge on any atom is -0.380 e. The Balaban J connectivity index is 2.63. The lowest BCUT2D eigenvalue weighted by Gasteiger charge is -2.15. The van der Waals surface area contributed by atoms with Crippen LogP contribution in [0.4, 0.5) is 0 Å². The Bertz CT molecular complexity index is 244. The first-order chi connectivity index (χ1) is 6.09. The molecule has 1 fully saturated rings. The molecule has 1 saturated heterocycles. The first-order valence-corrected chi connectivity index (χ1v) is 6.20. The molecule has 0 radical (unpaired) electrons. The third-order valence-electron chi connectivity index (χ3n) is 2.49. The molecule has 0 aliphatic carbocycles. The zero-order valence-corrected chi connectivity index (χ0v) is 8.72. The normalized spacial score (nSPS) is 26.2. The molecule has 4 nitrogen and oxygen atoms in total. The third-order valence-corrected chi connectivity index (χ3v) is 5.14. The maximum absolute atomic E-state index is 11.8. The Morgan fingerprint density at radius 1 is 1.62 bits per heavy atom. The summed E-state index contributed by atoms with van der Waals surface area (Å²) >= 11 is 0. The van der Waals surface area contributed by atoms with E-state index in [0.29, 0.717) is 32.6 Å². The SMILES string of the molecule is CC(CCN)S(=O)(=O)C1CCOC1. The predicted molar refractivity (Wildman–Crippen MR) is 51.3 cm³/mol. The number of sulfone groups is 1. The molecule has 0 saturated carbocycles. The molecule has 0 aromatic heterocycles. The molecule has 0 amide bonds. The molecule has 2 unspecified atom stereocenters. The molecule has 1 rings (SSSR count). The average Bonchev–Trinajstić information content (AvgIpc) is 2.56. The molecule has 0 spiro atoms. The van der Waals surface area contributed by atoms with Gasteiger partial charge in [-0.05, 0) is 26.3 Å². The van der Waals surface area contributed by atoms with E-state index in [-0.39, 0.29) is 10.5 Å². The van der Waals surface area contributed by atoms with Crippen molar-refractivity contribution in [1.29, 1.82) is 0 Å². The Hall–Kier alpha value is -0.130. The van der Waals surface area contributed by atoms with Crippen molar-refractivity contribution in [2.45, 2.75) is 30.3 Å². The highest BCUT2D eigenvalue weighted by atomic mass is 32.2. The van der Waals surface area contributed by atoms with E-state index < -0.39 is 9.84 Å². The molecule has 0 bridgehead atoms. The zero-order chi connectivity index (χ0) is 9.90. The van der Waals surface area contributed by atoms with Crippen molar-refractivity contribution in [3.63, 3.8) is 0 Å². The smallest absolute Gasteiger partial charge is 0.158 e. The topological polar surface area (TPSA) is 69.4 Å². The fraction of sp³-hybridized carbons (Fsp3) is 1.00. The number of hydrogen-bond donors (Lipinski definition) is 1. The summed E-state index contributed by atoms with van der Waals surface area (Å²) in [5, 5.41) is -0.627. The average molecular weight is 207 g/mol. The quantitative estimate of drug-likeness (QED) is 0.700. The minimum absolute atomic E-state index is 0.297.